The van der Waals surface area contributed by atoms with Crippen molar-refractivity contribution in [2.75, 3.05) is 0 Å². The van der Waals surface area contributed by atoms with E-state index in [9.17, 15) is 10.1 Å². The number of hydrogen-bond acceptors (Lipinski definition) is 3. The topological polar surface area (TPSA) is 55.2 Å². The average Bonchev–Trinajstić information content (AvgIpc) is 2.28. The van der Waals surface area contributed by atoms with Gasteiger partial charge in [-0.3, -0.25) is 10.1 Å². The highest BCUT2D eigenvalue weighted by molar-refractivity contribution is 5.42. The molecule has 0 aliphatic rings. The van der Waals surface area contributed by atoms with E-state index in [0.717, 1.165) is 5.56 Å². The van der Waals surface area contributed by atoms with Gasteiger partial charge in [-0.1, -0.05) is 12.1 Å². The highest BCUT2D eigenvalue weighted by atomic mass is 16.6. The number of terminal acetylenes is 1. The molecule has 0 bridgehead atoms. The Balaban J connectivity index is 2.70. The van der Waals surface area contributed by atoms with Crippen LogP contribution in [0.4, 0.5) is 5.69 Å². The largest absolute Gasteiger partial charge is 0.309 e. The number of nitrogens with zero attached hydrogens (tertiary/aromatic N) is 1. The molecule has 1 rings (SSSR count). The smallest absolute Gasteiger partial charge is 0.272 e. The van der Waals surface area contributed by atoms with Gasteiger partial charge in [-0.25, -0.2) is 0 Å². The molecule has 0 aliphatic heterocycles. The van der Waals surface area contributed by atoms with Crippen LogP contribution in [0.5, 0.6) is 0 Å². The van der Waals surface area contributed by atoms with Gasteiger partial charge < -0.3 is 5.32 Å². The summed E-state index contributed by atoms with van der Waals surface area (Å²) >= 11 is 0. The van der Waals surface area contributed by atoms with Crippen molar-refractivity contribution in [3.8, 4) is 12.3 Å². The van der Waals surface area contributed by atoms with Gasteiger partial charge in [0, 0.05) is 30.6 Å². The quantitative estimate of drug-likeness (QED) is 0.482. The Kier molecular flexibility index (Phi) is 4.68. The number of hydrogen-bond donors (Lipinski definition) is 1. The summed E-state index contributed by atoms with van der Waals surface area (Å²) in [5, 5.41) is 14.0. The van der Waals surface area contributed by atoms with Crippen LogP contribution in [0.3, 0.4) is 0 Å². The number of nitrogens with one attached hydrogen (secondary N) is 1. The Morgan fingerprint density at radius 2 is 2.29 bits per heavy atom. The molecule has 0 fully saturated rings. The molecular formula is C13H16N2O2. The lowest BCUT2D eigenvalue weighted by Crippen LogP contribution is -2.24. The molecule has 1 atom stereocenters. The molecule has 0 saturated heterocycles. The van der Waals surface area contributed by atoms with Crippen molar-refractivity contribution in [1.82, 2.24) is 5.32 Å². The Morgan fingerprint density at radius 3 is 2.88 bits per heavy atom. The van der Waals surface area contributed by atoms with Crippen molar-refractivity contribution in [2.24, 2.45) is 0 Å². The van der Waals surface area contributed by atoms with Gasteiger partial charge in [0.15, 0.2) is 0 Å². The molecular weight excluding hydrogens is 216 g/mol. The Labute approximate surface area is 101 Å². The predicted molar refractivity (Wildman–Crippen MR) is 67.6 cm³/mol. The average molecular weight is 232 g/mol. The molecule has 0 aromatic heterocycles. The summed E-state index contributed by atoms with van der Waals surface area (Å²) in [6, 6.07) is 5.46. The predicted octanol–water partition coefficient (Wildman–Crippen LogP) is 2.40. The third kappa shape index (κ3) is 3.89. The van der Waals surface area contributed by atoms with Gasteiger partial charge in [-0.05, 0) is 19.4 Å². The lowest BCUT2D eigenvalue weighted by molar-refractivity contribution is -0.385. The summed E-state index contributed by atoms with van der Waals surface area (Å²) in [4.78, 5) is 10.4. The van der Waals surface area contributed by atoms with Gasteiger partial charge in [0.2, 0.25) is 0 Å². The van der Waals surface area contributed by atoms with Gasteiger partial charge in [-0.15, -0.1) is 12.3 Å². The summed E-state index contributed by atoms with van der Waals surface area (Å²) in [5.41, 5.74) is 1.73. The maximum absolute atomic E-state index is 10.8. The minimum absolute atomic E-state index is 0.161. The number of benzene rings is 1. The van der Waals surface area contributed by atoms with Crippen LogP contribution < -0.4 is 5.32 Å². The summed E-state index contributed by atoms with van der Waals surface area (Å²) in [7, 11) is 0. The second-order valence-corrected chi connectivity index (χ2v) is 4.07. The van der Waals surface area contributed by atoms with Crippen molar-refractivity contribution >= 4 is 5.69 Å². The van der Waals surface area contributed by atoms with Crippen LogP contribution in [0.1, 0.15) is 24.5 Å². The first-order chi connectivity index (χ1) is 8.04. The molecule has 90 valence electrons. The number of aryl methyl sites for hydroxylation is 1. The normalized spacial score (nSPS) is 11.8. The van der Waals surface area contributed by atoms with Crippen molar-refractivity contribution in [1.29, 1.82) is 0 Å². The minimum Gasteiger partial charge on any atom is -0.309 e. The molecule has 4 nitrogen and oxygen atoms in total. The molecule has 4 heteroatoms. The fourth-order valence-electron chi connectivity index (χ4n) is 1.50. The van der Waals surface area contributed by atoms with Gasteiger partial charge in [0.25, 0.3) is 5.69 Å². The highest BCUT2D eigenvalue weighted by Gasteiger charge is 2.11. The Bertz CT molecular complexity index is 449. The molecule has 0 radical (unpaired) electrons. The monoisotopic (exact) mass is 232 g/mol. The molecule has 0 heterocycles. The van der Waals surface area contributed by atoms with Gasteiger partial charge in [0.05, 0.1) is 4.92 Å². The zero-order valence-corrected chi connectivity index (χ0v) is 10.1. The van der Waals surface area contributed by atoms with E-state index in [2.05, 4.69) is 11.2 Å². The Hall–Kier alpha value is -1.86. The maximum atomic E-state index is 10.8. The summed E-state index contributed by atoms with van der Waals surface area (Å²) in [5.74, 6) is 2.57. The standard InChI is InChI=1S/C13H16N2O2/c1-4-5-11(3)14-9-12-7-6-10(2)13(8-12)15(16)17/h1,6-8,11,14H,5,9H2,2-3H3. The highest BCUT2D eigenvalue weighted by Crippen LogP contribution is 2.19. The van der Waals surface area contributed by atoms with Crippen LogP contribution in [0, 0.1) is 29.4 Å². The number of nitro groups is 1. The third-order valence-electron chi connectivity index (χ3n) is 2.55. The first-order valence-electron chi connectivity index (χ1n) is 5.45. The fraction of sp³-hybridized carbons (Fsp3) is 0.385. The van der Waals surface area contributed by atoms with Crippen LogP contribution in [0.15, 0.2) is 18.2 Å². The van der Waals surface area contributed by atoms with Crippen molar-refractivity contribution in [3.63, 3.8) is 0 Å². The molecule has 1 N–H and O–H groups in total. The van der Waals surface area contributed by atoms with Crippen molar-refractivity contribution in [3.05, 3.63) is 39.4 Å². The molecule has 1 aromatic carbocycles. The summed E-state index contributed by atoms with van der Waals surface area (Å²) in [6.45, 7) is 4.31. The zero-order chi connectivity index (χ0) is 12.8. The molecule has 0 saturated carbocycles. The molecule has 1 aromatic rings. The van der Waals surface area contributed by atoms with Crippen LogP contribution in [-0.4, -0.2) is 11.0 Å². The molecule has 0 spiro atoms. The van der Waals surface area contributed by atoms with Crippen LogP contribution in [-0.2, 0) is 6.54 Å². The minimum atomic E-state index is -0.357. The second-order valence-electron chi connectivity index (χ2n) is 4.07. The lowest BCUT2D eigenvalue weighted by atomic mass is 10.1. The van der Waals surface area contributed by atoms with Crippen LogP contribution >= 0.6 is 0 Å². The van der Waals surface area contributed by atoms with Gasteiger partial charge in [0.1, 0.15) is 0 Å². The van der Waals surface area contributed by atoms with E-state index in [1.165, 1.54) is 0 Å². The van der Waals surface area contributed by atoms with Crippen molar-refractivity contribution < 1.29 is 4.92 Å². The third-order valence-corrected chi connectivity index (χ3v) is 2.55. The number of rotatable bonds is 5. The lowest BCUT2D eigenvalue weighted by Gasteiger charge is -2.10. The van der Waals surface area contributed by atoms with E-state index >= 15 is 0 Å². The first kappa shape index (κ1) is 13.2. The van der Waals surface area contributed by atoms with E-state index in [1.807, 2.05) is 13.0 Å². The first-order valence-corrected chi connectivity index (χ1v) is 5.45. The fourth-order valence-corrected chi connectivity index (χ4v) is 1.50. The Morgan fingerprint density at radius 1 is 1.59 bits per heavy atom. The number of nitro benzene ring substituents is 1. The molecule has 17 heavy (non-hydrogen) atoms. The van der Waals surface area contributed by atoms with E-state index in [4.69, 9.17) is 6.42 Å². The van der Waals surface area contributed by atoms with Gasteiger partial charge >= 0.3 is 0 Å². The van der Waals surface area contributed by atoms with Gasteiger partial charge in [-0.2, -0.15) is 0 Å². The second kappa shape index (κ2) is 6.02. The summed E-state index contributed by atoms with van der Waals surface area (Å²) < 4.78 is 0. The SMILES string of the molecule is C#CCC(C)NCc1ccc(C)c([N+](=O)[O-])c1. The molecule has 0 aliphatic carbocycles. The molecule has 0 amide bonds. The van der Waals surface area contributed by atoms with E-state index in [0.29, 0.717) is 18.5 Å². The maximum Gasteiger partial charge on any atom is 0.272 e. The zero-order valence-electron chi connectivity index (χ0n) is 10.1. The summed E-state index contributed by atoms with van der Waals surface area (Å²) in [6.07, 6.45) is 5.85. The molecule has 1 unspecified atom stereocenters. The van der Waals surface area contributed by atoms with E-state index in [-0.39, 0.29) is 16.7 Å². The van der Waals surface area contributed by atoms with Crippen LogP contribution in [0.2, 0.25) is 0 Å². The van der Waals surface area contributed by atoms with E-state index < -0.39 is 0 Å². The van der Waals surface area contributed by atoms with Crippen LogP contribution in [0.25, 0.3) is 0 Å². The van der Waals surface area contributed by atoms with Crippen molar-refractivity contribution in [2.45, 2.75) is 32.9 Å². The van der Waals surface area contributed by atoms with E-state index in [1.54, 1.807) is 19.1 Å².